The number of carbonyl (C=O) groups is 3. The van der Waals surface area contributed by atoms with Crippen LogP contribution in [-0.4, -0.2) is 34.3 Å². The van der Waals surface area contributed by atoms with Crippen LogP contribution < -0.4 is 11.1 Å². The minimum absolute atomic E-state index is 0.0781. The molecule has 0 aromatic heterocycles. The van der Waals surface area contributed by atoms with Gasteiger partial charge in [-0.25, -0.2) is 0 Å². The highest BCUT2D eigenvalue weighted by Gasteiger charge is 2.31. The molecule has 0 unspecified atom stereocenters. The Kier molecular flexibility index (Phi) is 3.96. The highest BCUT2D eigenvalue weighted by atomic mass is 35.5. The van der Waals surface area contributed by atoms with Gasteiger partial charge in [-0.15, -0.1) is 0 Å². The molecule has 100 valence electrons. The van der Waals surface area contributed by atoms with Crippen molar-refractivity contribution in [3.63, 3.8) is 0 Å². The summed E-state index contributed by atoms with van der Waals surface area (Å²) in [5.41, 5.74) is 6.39. The Balaban J connectivity index is 2.01. The number of nitrogens with zero attached hydrogens (tertiary/aromatic N) is 1. The molecule has 0 radical (unpaired) electrons. The van der Waals surface area contributed by atoms with Crippen molar-refractivity contribution in [2.45, 2.75) is 0 Å². The van der Waals surface area contributed by atoms with E-state index in [4.69, 9.17) is 17.3 Å². The maximum Gasteiger partial charge on any atom is 0.289 e. The summed E-state index contributed by atoms with van der Waals surface area (Å²) in [4.78, 5) is 35.3. The van der Waals surface area contributed by atoms with E-state index in [0.29, 0.717) is 16.4 Å². The zero-order valence-corrected chi connectivity index (χ0v) is 11.3. The molecule has 1 aromatic rings. The second-order valence-electron chi connectivity index (χ2n) is 3.82. The monoisotopic (exact) mass is 299 g/mol. The van der Waals surface area contributed by atoms with Crippen LogP contribution in [0.1, 0.15) is 0 Å². The molecule has 0 aliphatic carbocycles. The number of hydrogen-bond donors (Lipinski definition) is 2. The van der Waals surface area contributed by atoms with Crippen LogP contribution in [0.25, 0.3) is 0 Å². The number of rotatable bonds is 3. The van der Waals surface area contributed by atoms with Crippen LogP contribution in [0.4, 0.5) is 16.2 Å². The average molecular weight is 300 g/mol. The number of hydrogen-bond acceptors (Lipinski definition) is 5. The second-order valence-corrected chi connectivity index (χ2v) is 5.16. The summed E-state index contributed by atoms with van der Waals surface area (Å²) in [6, 6.07) is 4.64. The molecule has 0 bridgehead atoms. The van der Waals surface area contributed by atoms with Crippen molar-refractivity contribution in [1.29, 1.82) is 0 Å². The largest absolute Gasteiger partial charge is 0.399 e. The first kappa shape index (κ1) is 13.7. The number of thioether (sulfide) groups is 1. The lowest BCUT2D eigenvalue weighted by Crippen LogP contribution is -2.36. The summed E-state index contributed by atoms with van der Waals surface area (Å²) in [6.45, 7) is -0.314. The van der Waals surface area contributed by atoms with E-state index in [2.05, 4.69) is 5.32 Å². The van der Waals surface area contributed by atoms with Crippen LogP contribution in [0.15, 0.2) is 18.2 Å². The van der Waals surface area contributed by atoms with Gasteiger partial charge in [0.2, 0.25) is 11.8 Å². The lowest BCUT2D eigenvalue weighted by molar-refractivity contribution is -0.128. The third-order valence-corrected chi connectivity index (χ3v) is 3.58. The van der Waals surface area contributed by atoms with Crippen molar-refractivity contribution in [3.8, 4) is 0 Å². The first-order chi connectivity index (χ1) is 8.97. The second kappa shape index (κ2) is 5.50. The van der Waals surface area contributed by atoms with Crippen LogP contribution in [0, 0.1) is 0 Å². The normalized spacial score (nSPS) is 14.9. The predicted molar refractivity (Wildman–Crippen MR) is 74.1 cm³/mol. The topological polar surface area (TPSA) is 92.5 Å². The fraction of sp³-hybridized carbons (Fsp3) is 0.182. The van der Waals surface area contributed by atoms with Crippen molar-refractivity contribution in [2.24, 2.45) is 0 Å². The SMILES string of the molecule is Nc1ccc(NC(=O)CN2C(=O)CSC2=O)c(Cl)c1. The summed E-state index contributed by atoms with van der Waals surface area (Å²) in [5, 5.41) is 2.40. The summed E-state index contributed by atoms with van der Waals surface area (Å²) in [7, 11) is 0. The van der Waals surface area contributed by atoms with Gasteiger partial charge < -0.3 is 11.1 Å². The zero-order chi connectivity index (χ0) is 14.0. The number of halogens is 1. The van der Waals surface area contributed by atoms with Gasteiger partial charge in [0, 0.05) is 5.69 Å². The van der Waals surface area contributed by atoms with Crippen LogP contribution in [0.2, 0.25) is 5.02 Å². The molecule has 19 heavy (non-hydrogen) atoms. The van der Waals surface area contributed by atoms with E-state index in [0.717, 1.165) is 16.7 Å². The fourth-order valence-corrected chi connectivity index (χ4v) is 2.46. The van der Waals surface area contributed by atoms with Gasteiger partial charge in [-0.05, 0) is 18.2 Å². The van der Waals surface area contributed by atoms with Gasteiger partial charge in [0.1, 0.15) is 6.54 Å². The number of benzene rings is 1. The van der Waals surface area contributed by atoms with Crippen LogP contribution >= 0.6 is 23.4 Å². The molecule has 8 heteroatoms. The molecule has 1 aliphatic rings. The highest BCUT2D eigenvalue weighted by molar-refractivity contribution is 8.14. The van der Waals surface area contributed by atoms with Crippen molar-refractivity contribution in [3.05, 3.63) is 23.2 Å². The average Bonchev–Trinajstić information content (AvgIpc) is 2.65. The summed E-state index contributed by atoms with van der Waals surface area (Å²) < 4.78 is 0. The van der Waals surface area contributed by atoms with E-state index in [9.17, 15) is 14.4 Å². The van der Waals surface area contributed by atoms with Gasteiger partial charge in [0.05, 0.1) is 16.5 Å². The van der Waals surface area contributed by atoms with Gasteiger partial charge in [0.15, 0.2) is 0 Å². The summed E-state index contributed by atoms with van der Waals surface area (Å²) >= 11 is 6.78. The van der Waals surface area contributed by atoms with E-state index >= 15 is 0 Å². The number of nitrogens with two attached hydrogens (primary N) is 1. The number of nitrogens with one attached hydrogen (secondary N) is 1. The molecule has 1 saturated heterocycles. The maximum absolute atomic E-state index is 11.7. The Morgan fingerprint density at radius 1 is 1.47 bits per heavy atom. The molecule has 3 N–H and O–H groups in total. The first-order valence-electron chi connectivity index (χ1n) is 5.29. The number of anilines is 2. The summed E-state index contributed by atoms with van der Waals surface area (Å²) in [5.74, 6) is -0.779. The lowest BCUT2D eigenvalue weighted by Gasteiger charge is -2.13. The van der Waals surface area contributed by atoms with E-state index in [1.165, 1.54) is 6.07 Å². The highest BCUT2D eigenvalue weighted by Crippen LogP contribution is 2.24. The Morgan fingerprint density at radius 2 is 2.21 bits per heavy atom. The number of amides is 3. The summed E-state index contributed by atoms with van der Waals surface area (Å²) in [6.07, 6.45) is 0. The molecule has 0 saturated carbocycles. The number of imide groups is 1. The molecule has 0 spiro atoms. The number of nitrogen functional groups attached to an aromatic ring is 1. The molecule has 1 aromatic carbocycles. The van der Waals surface area contributed by atoms with Gasteiger partial charge in [0.25, 0.3) is 5.24 Å². The molecule has 1 aliphatic heterocycles. The minimum atomic E-state index is -0.490. The molecule has 3 amide bonds. The number of carbonyl (C=O) groups excluding carboxylic acids is 3. The van der Waals surface area contributed by atoms with Gasteiger partial charge >= 0.3 is 0 Å². The van der Waals surface area contributed by atoms with Crippen molar-refractivity contribution >= 4 is 51.8 Å². The molecular weight excluding hydrogens is 290 g/mol. The Hall–Kier alpha value is -1.73. The first-order valence-corrected chi connectivity index (χ1v) is 6.65. The Morgan fingerprint density at radius 3 is 2.79 bits per heavy atom. The van der Waals surface area contributed by atoms with E-state index in [1.54, 1.807) is 12.1 Å². The molecular formula is C11H10ClN3O3S. The predicted octanol–water partition coefficient (Wildman–Crippen LogP) is 1.56. The minimum Gasteiger partial charge on any atom is -0.399 e. The van der Waals surface area contributed by atoms with Gasteiger partial charge in [-0.3, -0.25) is 19.3 Å². The molecule has 2 rings (SSSR count). The smallest absolute Gasteiger partial charge is 0.289 e. The van der Waals surface area contributed by atoms with Crippen LogP contribution in [0.5, 0.6) is 0 Å². The van der Waals surface area contributed by atoms with Gasteiger partial charge in [-0.2, -0.15) is 0 Å². The molecule has 0 atom stereocenters. The third-order valence-electron chi connectivity index (χ3n) is 2.41. The van der Waals surface area contributed by atoms with Crippen molar-refractivity contribution < 1.29 is 14.4 Å². The van der Waals surface area contributed by atoms with E-state index in [-0.39, 0.29) is 18.2 Å². The maximum atomic E-state index is 11.7. The van der Waals surface area contributed by atoms with Crippen LogP contribution in [0.3, 0.4) is 0 Å². The van der Waals surface area contributed by atoms with Crippen LogP contribution in [-0.2, 0) is 9.59 Å². The van der Waals surface area contributed by atoms with E-state index < -0.39 is 11.1 Å². The van der Waals surface area contributed by atoms with E-state index in [1.807, 2.05) is 0 Å². The van der Waals surface area contributed by atoms with Crippen molar-refractivity contribution in [1.82, 2.24) is 4.90 Å². The fourth-order valence-electron chi connectivity index (χ4n) is 1.50. The zero-order valence-electron chi connectivity index (χ0n) is 9.68. The third kappa shape index (κ3) is 3.18. The molecule has 1 fully saturated rings. The molecule has 6 nitrogen and oxygen atoms in total. The standard InChI is InChI=1S/C11H10ClN3O3S/c12-7-3-6(13)1-2-8(7)14-9(16)4-15-10(17)5-19-11(15)18/h1-3H,4-5,13H2,(H,14,16). The van der Waals surface area contributed by atoms with Gasteiger partial charge in [-0.1, -0.05) is 23.4 Å². The van der Waals surface area contributed by atoms with Crippen molar-refractivity contribution in [2.75, 3.05) is 23.3 Å². The molecule has 1 heterocycles. The Bertz CT molecular complexity index is 548. The lowest BCUT2D eigenvalue weighted by atomic mass is 10.3. The quantitative estimate of drug-likeness (QED) is 0.826. The Labute approximate surface area is 118 Å².